The first-order chi connectivity index (χ1) is 9.35. The average Bonchev–Trinajstić information content (AvgIpc) is 2.39. The summed E-state index contributed by atoms with van der Waals surface area (Å²) in [5.41, 5.74) is 0.467. The quantitative estimate of drug-likeness (QED) is 0.493. The Morgan fingerprint density at radius 2 is 2.10 bits per heavy atom. The van der Waals surface area contributed by atoms with Crippen molar-refractivity contribution in [2.45, 2.75) is 6.54 Å². The lowest BCUT2D eigenvalue weighted by Crippen LogP contribution is -2.28. The normalized spacial score (nSPS) is 11.2. The van der Waals surface area contributed by atoms with E-state index in [2.05, 4.69) is 0 Å². The van der Waals surface area contributed by atoms with Gasteiger partial charge >= 0.3 is 5.97 Å². The molecule has 0 atom stereocenters. The van der Waals surface area contributed by atoms with Gasteiger partial charge in [-0.05, 0) is 17.7 Å². The van der Waals surface area contributed by atoms with Gasteiger partial charge in [-0.15, -0.1) is 0 Å². The molecule has 8 heteroatoms. The van der Waals surface area contributed by atoms with Crippen molar-refractivity contribution < 1.29 is 29.0 Å². The number of carbonyl (C=O) groups excluding carboxylic acids is 1. The molecule has 108 valence electrons. The molecule has 0 aliphatic carbocycles. The first-order valence-electron chi connectivity index (χ1n) is 5.28. The number of aliphatic hydroxyl groups excluding tert-OH is 1. The molecule has 6 nitrogen and oxygen atoms in total. The van der Waals surface area contributed by atoms with Crippen LogP contribution in [0.25, 0.3) is 0 Å². The van der Waals surface area contributed by atoms with Crippen molar-refractivity contribution in [2.75, 3.05) is 7.11 Å². The number of hydrogen-bond acceptors (Lipinski definition) is 4. The Morgan fingerprint density at radius 1 is 1.45 bits per heavy atom. The van der Waals surface area contributed by atoms with Crippen molar-refractivity contribution in [3.8, 4) is 0 Å². The molecule has 0 fully saturated rings. The highest BCUT2D eigenvalue weighted by atomic mass is 35.5. The van der Waals surface area contributed by atoms with Crippen molar-refractivity contribution in [1.29, 1.82) is 0 Å². The van der Waals surface area contributed by atoms with Crippen LogP contribution in [0, 0.1) is 5.82 Å². The maximum atomic E-state index is 13.0. The Balaban J connectivity index is 2.86. The van der Waals surface area contributed by atoms with Crippen LogP contribution in [-0.4, -0.2) is 34.3 Å². The number of nitrogens with zero attached hydrogens (tertiary/aromatic N) is 1. The average molecular weight is 304 g/mol. The molecule has 0 aliphatic heterocycles. The Bertz CT molecular complexity index is 561. The fourth-order valence-electron chi connectivity index (χ4n) is 1.29. The van der Waals surface area contributed by atoms with Gasteiger partial charge in [-0.1, -0.05) is 17.7 Å². The molecule has 0 spiro atoms. The molecular formula is C12H11ClFNO5. The lowest BCUT2D eigenvalue weighted by molar-refractivity contribution is -0.173. The molecule has 0 aliphatic rings. The van der Waals surface area contributed by atoms with Crippen LogP contribution in [-0.2, 0) is 21.0 Å². The number of carboxylic acids is 1. The van der Waals surface area contributed by atoms with Gasteiger partial charge in [0.05, 0.1) is 24.8 Å². The third-order valence-electron chi connectivity index (χ3n) is 2.26. The van der Waals surface area contributed by atoms with Gasteiger partial charge in [0.15, 0.2) is 0 Å². The highest BCUT2D eigenvalue weighted by Gasteiger charge is 2.15. The van der Waals surface area contributed by atoms with E-state index in [1.807, 2.05) is 0 Å². The highest BCUT2D eigenvalue weighted by Crippen LogP contribution is 2.17. The molecule has 1 rings (SSSR count). The Kier molecular flexibility index (Phi) is 5.48. The first-order valence-corrected chi connectivity index (χ1v) is 5.66. The van der Waals surface area contributed by atoms with Crippen molar-refractivity contribution in [1.82, 2.24) is 5.06 Å². The third kappa shape index (κ3) is 4.22. The van der Waals surface area contributed by atoms with Gasteiger partial charge in [0, 0.05) is 0 Å². The summed E-state index contributed by atoms with van der Waals surface area (Å²) in [7, 11) is 1.19. The van der Waals surface area contributed by atoms with E-state index in [0.29, 0.717) is 11.6 Å². The SMILES string of the molecule is CON(Cc1ccc(F)c(Cl)c1)C(=O)/C=C(\O)C(=O)O. The molecule has 0 radical (unpaired) electrons. The summed E-state index contributed by atoms with van der Waals surface area (Å²) in [4.78, 5) is 26.8. The topological polar surface area (TPSA) is 87.1 Å². The predicted octanol–water partition coefficient (Wildman–Crippen LogP) is 1.90. The second kappa shape index (κ2) is 6.88. The molecule has 0 heterocycles. The Morgan fingerprint density at radius 3 is 2.60 bits per heavy atom. The zero-order chi connectivity index (χ0) is 15.3. The van der Waals surface area contributed by atoms with Crippen LogP contribution in [0.2, 0.25) is 5.02 Å². The summed E-state index contributed by atoms with van der Waals surface area (Å²) < 4.78 is 13.0. The second-order valence-corrected chi connectivity index (χ2v) is 4.05. The van der Waals surface area contributed by atoms with E-state index in [0.717, 1.165) is 11.1 Å². The minimum absolute atomic E-state index is 0.0985. The maximum absolute atomic E-state index is 13.0. The number of halogens is 2. The molecule has 20 heavy (non-hydrogen) atoms. The standard InChI is InChI=1S/C12H11ClFNO5/c1-20-15(11(17)5-10(16)12(18)19)6-7-2-3-9(14)8(13)4-7/h2-5,16H,6H2,1H3,(H,18,19)/b10-5-. The Labute approximate surface area is 118 Å². The largest absolute Gasteiger partial charge is 0.502 e. The van der Waals surface area contributed by atoms with Crippen molar-refractivity contribution in [3.63, 3.8) is 0 Å². The molecular weight excluding hydrogens is 293 g/mol. The fourth-order valence-corrected chi connectivity index (χ4v) is 1.49. The number of carboxylic acid groups (broad SMARTS) is 1. The predicted molar refractivity (Wildman–Crippen MR) is 67.3 cm³/mol. The number of hydroxylamine groups is 2. The van der Waals surface area contributed by atoms with Gasteiger partial charge in [-0.3, -0.25) is 9.63 Å². The summed E-state index contributed by atoms with van der Waals surface area (Å²) in [5.74, 6) is -4.24. The van der Waals surface area contributed by atoms with Gasteiger partial charge in [-0.2, -0.15) is 0 Å². The summed E-state index contributed by atoms with van der Waals surface area (Å²) in [6.45, 7) is -0.0985. The third-order valence-corrected chi connectivity index (χ3v) is 2.55. The van der Waals surface area contributed by atoms with E-state index in [-0.39, 0.29) is 11.6 Å². The summed E-state index contributed by atoms with van der Waals surface area (Å²) in [6, 6.07) is 3.82. The molecule has 0 unspecified atom stereocenters. The number of aliphatic hydroxyl groups is 1. The van der Waals surface area contributed by atoms with E-state index in [1.54, 1.807) is 0 Å². The molecule has 1 aromatic carbocycles. The van der Waals surface area contributed by atoms with Gasteiger partial charge in [0.25, 0.3) is 5.91 Å². The van der Waals surface area contributed by atoms with Gasteiger partial charge in [-0.25, -0.2) is 14.2 Å². The number of benzene rings is 1. The fraction of sp³-hybridized carbons (Fsp3) is 0.167. The molecule has 2 N–H and O–H groups in total. The van der Waals surface area contributed by atoms with Crippen LogP contribution in [0.5, 0.6) is 0 Å². The van der Waals surface area contributed by atoms with Crippen molar-refractivity contribution in [2.24, 2.45) is 0 Å². The summed E-state index contributed by atoms with van der Waals surface area (Å²) in [6.07, 6.45) is 0.497. The van der Waals surface area contributed by atoms with Crippen LogP contribution in [0.3, 0.4) is 0 Å². The number of hydrogen-bond donors (Lipinski definition) is 2. The van der Waals surface area contributed by atoms with E-state index >= 15 is 0 Å². The molecule has 0 aromatic heterocycles. The summed E-state index contributed by atoms with van der Waals surface area (Å²) >= 11 is 5.60. The minimum atomic E-state index is -1.64. The van der Waals surface area contributed by atoms with Crippen LogP contribution >= 0.6 is 11.6 Å². The Hall–Kier alpha value is -2.12. The van der Waals surface area contributed by atoms with Crippen LogP contribution < -0.4 is 0 Å². The maximum Gasteiger partial charge on any atom is 0.371 e. The first kappa shape index (κ1) is 15.9. The minimum Gasteiger partial charge on any atom is -0.502 e. The number of aliphatic carboxylic acids is 1. The van der Waals surface area contributed by atoms with Gasteiger partial charge in [0.1, 0.15) is 5.82 Å². The van der Waals surface area contributed by atoms with Crippen molar-refractivity contribution >= 4 is 23.5 Å². The monoisotopic (exact) mass is 303 g/mol. The van der Waals surface area contributed by atoms with E-state index in [4.69, 9.17) is 26.7 Å². The number of rotatable bonds is 5. The zero-order valence-corrected chi connectivity index (χ0v) is 11.1. The molecule has 0 saturated carbocycles. The number of amides is 1. The van der Waals surface area contributed by atoms with Crippen LogP contribution in [0.15, 0.2) is 30.0 Å². The van der Waals surface area contributed by atoms with Crippen LogP contribution in [0.1, 0.15) is 5.56 Å². The molecule has 0 bridgehead atoms. The smallest absolute Gasteiger partial charge is 0.371 e. The molecule has 1 aromatic rings. The van der Waals surface area contributed by atoms with Crippen molar-refractivity contribution in [3.05, 3.63) is 46.4 Å². The second-order valence-electron chi connectivity index (χ2n) is 3.64. The summed E-state index contributed by atoms with van der Waals surface area (Å²) in [5, 5.41) is 18.1. The van der Waals surface area contributed by atoms with E-state index < -0.39 is 23.5 Å². The van der Waals surface area contributed by atoms with E-state index in [1.165, 1.54) is 19.2 Å². The lowest BCUT2D eigenvalue weighted by Gasteiger charge is -2.18. The highest BCUT2D eigenvalue weighted by molar-refractivity contribution is 6.30. The molecule has 1 amide bonds. The lowest BCUT2D eigenvalue weighted by atomic mass is 10.2. The van der Waals surface area contributed by atoms with Gasteiger partial charge < -0.3 is 10.2 Å². The number of carbonyl (C=O) groups is 2. The van der Waals surface area contributed by atoms with Gasteiger partial charge in [0.2, 0.25) is 5.76 Å². The van der Waals surface area contributed by atoms with Crippen LogP contribution in [0.4, 0.5) is 4.39 Å². The zero-order valence-electron chi connectivity index (χ0n) is 10.3. The molecule has 0 saturated heterocycles. The van der Waals surface area contributed by atoms with E-state index in [9.17, 15) is 14.0 Å².